The number of benzene rings is 1. The number of amidine groups is 1. The number of thioether (sulfide) groups is 1. The lowest BCUT2D eigenvalue weighted by Crippen LogP contribution is -2.39. The summed E-state index contributed by atoms with van der Waals surface area (Å²) in [5, 5.41) is 1.80. The third kappa shape index (κ3) is 2.72. The van der Waals surface area contributed by atoms with E-state index >= 15 is 0 Å². The van der Waals surface area contributed by atoms with Gasteiger partial charge in [0.2, 0.25) is 5.69 Å². The highest BCUT2D eigenvalue weighted by Gasteiger charge is 2.41. The lowest BCUT2D eigenvalue weighted by Gasteiger charge is -2.27. The summed E-state index contributed by atoms with van der Waals surface area (Å²) in [6.45, 7) is 0.466. The van der Waals surface area contributed by atoms with Gasteiger partial charge < -0.3 is 4.74 Å². The molecular formula is C17H14FN4O3S+. The SMILES string of the molecule is C#CCN1C(=O)COc2cc(F)c(N=C3SC(=O)N4CCCC=[N+]34)cc21. The highest BCUT2D eigenvalue weighted by atomic mass is 32.2. The van der Waals surface area contributed by atoms with E-state index in [-0.39, 0.29) is 35.7 Å². The fourth-order valence-electron chi connectivity index (χ4n) is 2.94. The lowest BCUT2D eigenvalue weighted by atomic mass is 10.2. The van der Waals surface area contributed by atoms with Crippen molar-refractivity contribution in [1.29, 1.82) is 0 Å². The maximum absolute atomic E-state index is 14.5. The molecule has 3 aliphatic heterocycles. The molecule has 1 aromatic rings. The Morgan fingerprint density at radius 1 is 1.42 bits per heavy atom. The van der Waals surface area contributed by atoms with Crippen LogP contribution in [0.4, 0.5) is 20.6 Å². The number of amides is 2. The lowest BCUT2D eigenvalue weighted by molar-refractivity contribution is -0.563. The van der Waals surface area contributed by atoms with E-state index in [0.29, 0.717) is 17.4 Å². The number of carbonyl (C=O) groups excluding carboxylic acids is 2. The molecule has 0 aromatic heterocycles. The van der Waals surface area contributed by atoms with Crippen LogP contribution >= 0.6 is 11.8 Å². The van der Waals surface area contributed by atoms with Crippen molar-refractivity contribution in [2.24, 2.45) is 4.99 Å². The van der Waals surface area contributed by atoms with Crippen molar-refractivity contribution < 1.29 is 23.4 Å². The van der Waals surface area contributed by atoms with Crippen LogP contribution in [0.1, 0.15) is 12.8 Å². The average molecular weight is 373 g/mol. The van der Waals surface area contributed by atoms with Crippen molar-refractivity contribution in [2.75, 3.05) is 24.6 Å². The predicted molar refractivity (Wildman–Crippen MR) is 95.4 cm³/mol. The van der Waals surface area contributed by atoms with Gasteiger partial charge in [0.1, 0.15) is 5.75 Å². The van der Waals surface area contributed by atoms with E-state index in [1.807, 2.05) is 6.21 Å². The van der Waals surface area contributed by atoms with Crippen LogP contribution in [0.15, 0.2) is 17.1 Å². The summed E-state index contributed by atoms with van der Waals surface area (Å²) in [6, 6.07) is 2.60. The number of halogens is 1. The minimum absolute atomic E-state index is 0.0141. The highest BCUT2D eigenvalue weighted by Crippen LogP contribution is 2.38. The van der Waals surface area contributed by atoms with Crippen LogP contribution in [0.2, 0.25) is 0 Å². The van der Waals surface area contributed by atoms with E-state index in [9.17, 15) is 14.0 Å². The van der Waals surface area contributed by atoms with Crippen LogP contribution in [-0.4, -0.2) is 51.9 Å². The highest BCUT2D eigenvalue weighted by molar-refractivity contribution is 8.26. The number of hydrazine groups is 1. The van der Waals surface area contributed by atoms with Crippen molar-refractivity contribution in [3.63, 3.8) is 0 Å². The zero-order valence-corrected chi connectivity index (χ0v) is 14.5. The van der Waals surface area contributed by atoms with Gasteiger partial charge in [-0.1, -0.05) is 5.92 Å². The number of fused-ring (bicyclic) bond motifs is 2. The van der Waals surface area contributed by atoms with E-state index in [4.69, 9.17) is 11.2 Å². The van der Waals surface area contributed by atoms with Crippen molar-refractivity contribution in [1.82, 2.24) is 5.01 Å². The van der Waals surface area contributed by atoms with Gasteiger partial charge in [-0.05, 0) is 11.4 Å². The Hall–Kier alpha value is -2.86. The minimum atomic E-state index is -0.602. The number of rotatable bonds is 2. The number of hydrogen-bond donors (Lipinski definition) is 0. The smallest absolute Gasteiger partial charge is 0.393 e. The monoisotopic (exact) mass is 373 g/mol. The molecule has 0 N–H and O–H groups in total. The molecule has 9 heteroatoms. The fourth-order valence-corrected chi connectivity index (χ4v) is 3.79. The molecule has 0 spiro atoms. The van der Waals surface area contributed by atoms with Crippen LogP contribution in [0.3, 0.4) is 0 Å². The molecule has 1 saturated heterocycles. The van der Waals surface area contributed by atoms with Gasteiger partial charge in [0.05, 0.1) is 36.8 Å². The first-order valence-electron chi connectivity index (χ1n) is 7.99. The zero-order chi connectivity index (χ0) is 18.3. The standard InChI is InChI=1S/C17H14FN4O3S/c1-2-5-20-13-9-12(11(18)8-14(13)25-10-15(20)23)19-16-21-6-3-4-7-22(21)17(24)26-16/h1,6,8-9H,3-5,7,10H2/q+1. The third-order valence-corrected chi connectivity index (χ3v) is 5.00. The summed E-state index contributed by atoms with van der Waals surface area (Å²) in [4.78, 5) is 29.8. The number of ether oxygens (including phenoxy) is 1. The van der Waals surface area contributed by atoms with Gasteiger partial charge in [-0.3, -0.25) is 14.5 Å². The molecule has 1 aromatic carbocycles. The molecule has 0 unspecified atom stereocenters. The topological polar surface area (TPSA) is 65.2 Å². The molecule has 0 saturated carbocycles. The van der Waals surface area contributed by atoms with Gasteiger partial charge in [-0.25, -0.2) is 4.39 Å². The van der Waals surface area contributed by atoms with Crippen LogP contribution in [0.5, 0.6) is 5.75 Å². The number of nitrogens with zero attached hydrogens (tertiary/aromatic N) is 4. The Morgan fingerprint density at radius 3 is 3.08 bits per heavy atom. The molecule has 0 bridgehead atoms. The summed E-state index contributed by atoms with van der Waals surface area (Å²) < 4.78 is 21.4. The summed E-state index contributed by atoms with van der Waals surface area (Å²) in [5.41, 5.74) is 0.383. The number of hydrazone groups is 1. The fraction of sp³-hybridized carbons (Fsp3) is 0.294. The number of aliphatic imine (C=N–C) groups is 1. The second-order valence-corrected chi connectivity index (χ2v) is 6.72. The van der Waals surface area contributed by atoms with E-state index in [0.717, 1.165) is 24.6 Å². The van der Waals surface area contributed by atoms with Crippen LogP contribution in [0, 0.1) is 18.2 Å². The number of hydrogen-bond acceptors (Lipinski definition) is 5. The van der Waals surface area contributed by atoms with Crippen molar-refractivity contribution >= 4 is 45.7 Å². The molecule has 132 valence electrons. The van der Waals surface area contributed by atoms with Gasteiger partial charge in [0, 0.05) is 18.6 Å². The Balaban J connectivity index is 1.76. The summed E-state index contributed by atoms with van der Waals surface area (Å²) in [5.74, 6) is 1.74. The molecule has 0 atom stereocenters. The van der Waals surface area contributed by atoms with Crippen molar-refractivity contribution in [3.05, 3.63) is 17.9 Å². The Kier molecular flexibility index (Phi) is 4.12. The third-order valence-electron chi connectivity index (χ3n) is 4.16. The van der Waals surface area contributed by atoms with E-state index in [1.54, 1.807) is 9.69 Å². The first-order valence-corrected chi connectivity index (χ1v) is 8.81. The molecule has 1 fully saturated rings. The summed E-state index contributed by atoms with van der Waals surface area (Å²) >= 11 is 0.944. The molecule has 7 nitrogen and oxygen atoms in total. The predicted octanol–water partition coefficient (Wildman–Crippen LogP) is 2.13. The van der Waals surface area contributed by atoms with E-state index < -0.39 is 5.82 Å². The molecule has 2 amide bonds. The largest absolute Gasteiger partial charge is 0.481 e. The van der Waals surface area contributed by atoms with Gasteiger partial charge in [-0.2, -0.15) is 5.01 Å². The Labute approximate surface area is 153 Å². The Morgan fingerprint density at radius 2 is 2.27 bits per heavy atom. The summed E-state index contributed by atoms with van der Waals surface area (Å²) in [6.07, 6.45) is 8.87. The molecule has 4 rings (SSSR count). The molecule has 26 heavy (non-hydrogen) atoms. The minimum Gasteiger partial charge on any atom is -0.481 e. The number of carbonyl (C=O) groups is 2. The maximum atomic E-state index is 14.5. The molecule has 3 aliphatic rings. The zero-order valence-electron chi connectivity index (χ0n) is 13.6. The van der Waals surface area contributed by atoms with Crippen LogP contribution in [0.25, 0.3) is 0 Å². The first kappa shape index (κ1) is 16.6. The van der Waals surface area contributed by atoms with E-state index in [1.165, 1.54) is 17.0 Å². The molecule has 3 heterocycles. The second kappa shape index (κ2) is 6.46. The Bertz CT molecular complexity index is 921. The van der Waals surface area contributed by atoms with Gasteiger partial charge >= 0.3 is 10.4 Å². The first-order chi connectivity index (χ1) is 12.6. The number of terminal acetylenes is 1. The molecular weight excluding hydrogens is 359 g/mol. The van der Waals surface area contributed by atoms with Crippen LogP contribution < -0.4 is 9.64 Å². The van der Waals surface area contributed by atoms with Crippen molar-refractivity contribution in [2.45, 2.75) is 12.8 Å². The van der Waals surface area contributed by atoms with Gasteiger partial charge in [0.25, 0.3) is 5.91 Å². The summed E-state index contributed by atoms with van der Waals surface area (Å²) in [7, 11) is 0. The normalized spacial score (nSPS) is 20.5. The van der Waals surface area contributed by atoms with Gasteiger partial charge in [0.15, 0.2) is 12.4 Å². The van der Waals surface area contributed by atoms with Crippen molar-refractivity contribution in [3.8, 4) is 18.1 Å². The second-order valence-electron chi connectivity index (χ2n) is 5.80. The quantitative estimate of drug-likeness (QED) is 0.589. The maximum Gasteiger partial charge on any atom is 0.393 e. The number of anilines is 1. The molecule has 0 aliphatic carbocycles. The molecule has 0 radical (unpaired) electrons. The van der Waals surface area contributed by atoms with Crippen LogP contribution in [-0.2, 0) is 4.79 Å². The average Bonchev–Trinajstić information content (AvgIpc) is 2.95. The van der Waals surface area contributed by atoms with Gasteiger partial charge in [-0.15, -0.1) is 11.1 Å². The van der Waals surface area contributed by atoms with E-state index in [2.05, 4.69) is 10.9 Å².